The summed E-state index contributed by atoms with van der Waals surface area (Å²) in [6, 6.07) is 26.3. The summed E-state index contributed by atoms with van der Waals surface area (Å²) in [5.41, 5.74) is 5.30. The Balaban J connectivity index is 1.34. The molecule has 0 unspecified atom stereocenters. The summed E-state index contributed by atoms with van der Waals surface area (Å²) in [5, 5.41) is 2.98. The van der Waals surface area contributed by atoms with Crippen molar-refractivity contribution in [3.63, 3.8) is 0 Å². The molecule has 1 aromatic heterocycles. The van der Waals surface area contributed by atoms with Gasteiger partial charge in [-0.1, -0.05) is 66.7 Å². The van der Waals surface area contributed by atoms with Gasteiger partial charge in [-0.3, -0.25) is 4.79 Å². The van der Waals surface area contributed by atoms with Crippen LogP contribution in [0.2, 0.25) is 0 Å². The molecule has 144 valence electrons. The molecule has 0 saturated heterocycles. The minimum Gasteiger partial charge on any atom is -0.331 e. The Hall–Kier alpha value is -3.66. The van der Waals surface area contributed by atoms with Crippen LogP contribution in [0, 0.1) is 6.92 Å². The molecule has 29 heavy (non-hydrogen) atoms. The quantitative estimate of drug-likeness (QED) is 0.506. The van der Waals surface area contributed by atoms with Gasteiger partial charge in [-0.05, 0) is 41.3 Å². The van der Waals surface area contributed by atoms with Crippen molar-refractivity contribution < 1.29 is 4.79 Å². The molecule has 0 fully saturated rings. The second kappa shape index (κ2) is 8.57. The molecule has 0 radical (unpaired) electrons. The maximum absolute atomic E-state index is 12.4. The highest BCUT2D eigenvalue weighted by Crippen LogP contribution is 2.19. The third kappa shape index (κ3) is 4.79. The van der Waals surface area contributed by atoms with E-state index in [1.807, 2.05) is 67.7 Å². The first kappa shape index (κ1) is 18.7. The second-order valence-corrected chi connectivity index (χ2v) is 7.09. The predicted molar refractivity (Wildman–Crippen MR) is 117 cm³/mol. The predicted octanol–water partition coefficient (Wildman–Crippen LogP) is 5.09. The molecule has 1 amide bonds. The van der Waals surface area contributed by atoms with Gasteiger partial charge in [0.1, 0.15) is 5.82 Å². The number of nitrogens with zero attached hydrogens (tertiary/aromatic N) is 2. The molecule has 0 saturated carbocycles. The van der Waals surface area contributed by atoms with E-state index >= 15 is 0 Å². The molecule has 4 heteroatoms. The monoisotopic (exact) mass is 381 g/mol. The van der Waals surface area contributed by atoms with Crippen molar-refractivity contribution in [3.05, 3.63) is 108 Å². The summed E-state index contributed by atoms with van der Waals surface area (Å²) in [5.74, 6) is 0.969. The van der Waals surface area contributed by atoms with Crippen LogP contribution in [-0.4, -0.2) is 15.5 Å². The van der Waals surface area contributed by atoms with Crippen LogP contribution in [-0.2, 0) is 17.8 Å². The van der Waals surface area contributed by atoms with Crippen molar-refractivity contribution in [1.82, 2.24) is 9.55 Å². The number of hydrogen-bond donors (Lipinski definition) is 1. The molecular formula is C25H23N3O. The molecule has 0 atom stereocenters. The number of imidazole rings is 1. The van der Waals surface area contributed by atoms with E-state index in [1.165, 1.54) is 11.1 Å². The Kier molecular flexibility index (Phi) is 5.52. The lowest BCUT2D eigenvalue weighted by Gasteiger charge is -2.09. The van der Waals surface area contributed by atoms with E-state index in [1.54, 1.807) is 6.20 Å². The van der Waals surface area contributed by atoms with Crippen molar-refractivity contribution in [2.75, 3.05) is 5.32 Å². The minimum absolute atomic E-state index is 0.0179. The molecule has 1 N–H and O–H groups in total. The zero-order chi connectivity index (χ0) is 20.1. The van der Waals surface area contributed by atoms with E-state index in [2.05, 4.69) is 39.1 Å². The summed E-state index contributed by atoms with van der Waals surface area (Å²) in [4.78, 5) is 16.6. The van der Waals surface area contributed by atoms with E-state index in [0.717, 1.165) is 29.2 Å². The van der Waals surface area contributed by atoms with Crippen LogP contribution >= 0.6 is 0 Å². The Labute approximate surface area is 170 Å². The normalized spacial score (nSPS) is 10.7. The van der Waals surface area contributed by atoms with Gasteiger partial charge >= 0.3 is 0 Å². The average Bonchev–Trinajstić information content (AvgIpc) is 3.15. The van der Waals surface area contributed by atoms with E-state index in [-0.39, 0.29) is 5.91 Å². The zero-order valence-electron chi connectivity index (χ0n) is 16.4. The minimum atomic E-state index is -0.0179. The molecular weight excluding hydrogens is 358 g/mol. The first-order chi connectivity index (χ1) is 14.2. The Bertz CT molecular complexity index is 1080. The fraction of sp³-hybridized carbons (Fsp3) is 0.120. The van der Waals surface area contributed by atoms with Crippen LogP contribution < -0.4 is 5.32 Å². The fourth-order valence-corrected chi connectivity index (χ4v) is 3.30. The molecule has 4 nitrogen and oxygen atoms in total. The number of amides is 1. The zero-order valence-corrected chi connectivity index (χ0v) is 16.4. The van der Waals surface area contributed by atoms with Gasteiger partial charge in [-0.15, -0.1) is 0 Å². The van der Waals surface area contributed by atoms with Crippen LogP contribution in [0.15, 0.2) is 91.3 Å². The van der Waals surface area contributed by atoms with Crippen molar-refractivity contribution in [2.45, 2.75) is 19.9 Å². The molecule has 0 bridgehead atoms. The third-order valence-electron chi connectivity index (χ3n) is 4.94. The molecule has 1 heterocycles. The van der Waals surface area contributed by atoms with Crippen LogP contribution in [0.4, 0.5) is 5.69 Å². The molecule has 0 aliphatic rings. The lowest BCUT2D eigenvalue weighted by molar-refractivity contribution is -0.115. The number of hydrogen-bond acceptors (Lipinski definition) is 2. The highest BCUT2D eigenvalue weighted by molar-refractivity contribution is 5.92. The molecule has 0 spiro atoms. The number of carbonyl (C=O) groups is 1. The fourth-order valence-electron chi connectivity index (χ4n) is 3.30. The summed E-state index contributed by atoms with van der Waals surface area (Å²) < 4.78 is 2.09. The largest absolute Gasteiger partial charge is 0.331 e. The van der Waals surface area contributed by atoms with E-state index < -0.39 is 0 Å². The lowest BCUT2D eigenvalue weighted by atomic mass is 10.0. The number of nitrogens with one attached hydrogen (secondary N) is 1. The highest BCUT2D eigenvalue weighted by Gasteiger charge is 2.06. The Morgan fingerprint density at radius 2 is 1.52 bits per heavy atom. The van der Waals surface area contributed by atoms with Gasteiger partial charge in [0.05, 0.1) is 6.42 Å². The second-order valence-electron chi connectivity index (χ2n) is 7.09. The van der Waals surface area contributed by atoms with Gasteiger partial charge in [-0.25, -0.2) is 4.98 Å². The summed E-state index contributed by atoms with van der Waals surface area (Å²) in [6.45, 7) is 2.76. The summed E-state index contributed by atoms with van der Waals surface area (Å²) >= 11 is 0. The average molecular weight is 381 g/mol. The highest BCUT2D eigenvalue weighted by atomic mass is 16.1. The Morgan fingerprint density at radius 1 is 0.862 bits per heavy atom. The number of anilines is 1. The lowest BCUT2D eigenvalue weighted by Crippen LogP contribution is -2.14. The van der Waals surface area contributed by atoms with Gasteiger partial charge in [0.15, 0.2) is 0 Å². The molecule has 4 aromatic rings. The number of rotatable bonds is 6. The van der Waals surface area contributed by atoms with Gasteiger partial charge in [0, 0.05) is 24.6 Å². The van der Waals surface area contributed by atoms with Crippen LogP contribution in [0.5, 0.6) is 0 Å². The molecule has 0 aliphatic heterocycles. The summed E-state index contributed by atoms with van der Waals surface area (Å²) in [6.07, 6.45) is 4.12. The van der Waals surface area contributed by atoms with Crippen LogP contribution in [0.1, 0.15) is 17.0 Å². The van der Waals surface area contributed by atoms with Crippen molar-refractivity contribution in [1.29, 1.82) is 0 Å². The van der Waals surface area contributed by atoms with E-state index in [4.69, 9.17) is 0 Å². The number of aromatic nitrogens is 2. The SMILES string of the molecule is Cc1nccn1Cc1ccc(NC(=O)Cc2ccc(-c3ccccc3)cc2)cc1. The van der Waals surface area contributed by atoms with Gasteiger partial charge < -0.3 is 9.88 Å². The smallest absolute Gasteiger partial charge is 0.228 e. The van der Waals surface area contributed by atoms with Crippen molar-refractivity contribution in [3.8, 4) is 11.1 Å². The van der Waals surface area contributed by atoms with Crippen molar-refractivity contribution in [2.24, 2.45) is 0 Å². The van der Waals surface area contributed by atoms with Gasteiger partial charge in [0.25, 0.3) is 0 Å². The number of carbonyl (C=O) groups excluding carboxylic acids is 1. The molecule has 3 aromatic carbocycles. The maximum atomic E-state index is 12.4. The maximum Gasteiger partial charge on any atom is 0.228 e. The number of benzene rings is 3. The topological polar surface area (TPSA) is 46.9 Å². The van der Waals surface area contributed by atoms with Gasteiger partial charge in [0.2, 0.25) is 5.91 Å². The first-order valence-electron chi connectivity index (χ1n) is 9.68. The Morgan fingerprint density at radius 3 is 2.17 bits per heavy atom. The van der Waals surface area contributed by atoms with Crippen LogP contribution in [0.3, 0.4) is 0 Å². The molecule has 4 rings (SSSR count). The standard InChI is InChI=1S/C25H23N3O/c1-19-26-15-16-28(19)18-21-9-13-24(14-10-21)27-25(29)17-20-7-11-23(12-8-20)22-5-3-2-4-6-22/h2-16H,17-18H2,1H3,(H,27,29). The summed E-state index contributed by atoms with van der Waals surface area (Å²) in [7, 11) is 0. The van der Waals surface area contributed by atoms with E-state index in [0.29, 0.717) is 6.42 Å². The van der Waals surface area contributed by atoms with E-state index in [9.17, 15) is 4.79 Å². The van der Waals surface area contributed by atoms with Gasteiger partial charge in [-0.2, -0.15) is 0 Å². The number of aryl methyl sites for hydroxylation is 1. The first-order valence-corrected chi connectivity index (χ1v) is 9.68. The van der Waals surface area contributed by atoms with Crippen LogP contribution in [0.25, 0.3) is 11.1 Å². The molecule has 0 aliphatic carbocycles. The third-order valence-corrected chi connectivity index (χ3v) is 4.94. The van der Waals surface area contributed by atoms with Crippen molar-refractivity contribution >= 4 is 11.6 Å².